The molecule has 1 N–H and O–H groups in total. The van der Waals surface area contributed by atoms with Crippen molar-refractivity contribution in [2.75, 3.05) is 12.3 Å². The number of carbonyl (C=O) groups excluding carboxylic acids is 1. The first-order valence-electron chi connectivity index (χ1n) is 9.75. The third-order valence-corrected chi connectivity index (χ3v) is 6.35. The second-order valence-electron chi connectivity index (χ2n) is 6.93. The number of sulfone groups is 1. The molecule has 0 spiro atoms. The van der Waals surface area contributed by atoms with Crippen molar-refractivity contribution in [1.29, 1.82) is 0 Å². The fraction of sp³-hybridized carbons (Fsp3) is 0.273. The zero-order valence-electron chi connectivity index (χ0n) is 16.7. The lowest BCUT2D eigenvalue weighted by molar-refractivity contribution is 0.0952. The van der Waals surface area contributed by atoms with Gasteiger partial charge in [-0.05, 0) is 42.7 Å². The summed E-state index contributed by atoms with van der Waals surface area (Å²) < 4.78 is 39.3. The molecule has 1 amide bonds. The zero-order valence-corrected chi connectivity index (χ0v) is 17.5. The highest BCUT2D eigenvalue weighted by Gasteiger charge is 2.17. The molecule has 1 aromatic heterocycles. The van der Waals surface area contributed by atoms with Crippen molar-refractivity contribution >= 4 is 15.7 Å². The van der Waals surface area contributed by atoms with Crippen LogP contribution in [0.1, 0.15) is 35.0 Å². The number of nitrogens with zero attached hydrogens (tertiary/aromatic N) is 2. The minimum Gasteiger partial charge on any atom is -0.352 e. The molecule has 3 rings (SSSR count). The Kier molecular flexibility index (Phi) is 6.99. The maximum absolute atomic E-state index is 13.2. The van der Waals surface area contributed by atoms with E-state index in [1.807, 2.05) is 25.1 Å². The van der Waals surface area contributed by atoms with Crippen molar-refractivity contribution in [3.05, 3.63) is 83.4 Å². The molecule has 1 heterocycles. The van der Waals surface area contributed by atoms with Crippen molar-refractivity contribution < 1.29 is 17.6 Å². The number of benzene rings is 2. The van der Waals surface area contributed by atoms with Crippen molar-refractivity contribution in [3.8, 4) is 5.69 Å². The largest absolute Gasteiger partial charge is 0.352 e. The van der Waals surface area contributed by atoms with Crippen LogP contribution in [0.5, 0.6) is 0 Å². The minimum absolute atomic E-state index is 0.00233. The number of hydrogen-bond donors (Lipinski definition) is 1. The first-order chi connectivity index (χ1) is 14.4. The van der Waals surface area contributed by atoms with Gasteiger partial charge in [0.2, 0.25) is 0 Å². The van der Waals surface area contributed by atoms with Gasteiger partial charge in [0.05, 0.1) is 34.6 Å². The van der Waals surface area contributed by atoms with E-state index < -0.39 is 9.84 Å². The quantitative estimate of drug-likeness (QED) is 0.529. The Balaban J connectivity index is 1.57. The van der Waals surface area contributed by atoms with Gasteiger partial charge in [0.15, 0.2) is 9.84 Å². The topological polar surface area (TPSA) is 81.1 Å². The maximum atomic E-state index is 13.2. The van der Waals surface area contributed by atoms with E-state index in [-0.39, 0.29) is 29.8 Å². The average molecular weight is 430 g/mol. The van der Waals surface area contributed by atoms with Gasteiger partial charge in [0, 0.05) is 6.54 Å². The molecule has 8 heteroatoms. The molecule has 158 valence electrons. The smallest absolute Gasteiger partial charge is 0.254 e. The van der Waals surface area contributed by atoms with Crippen LogP contribution in [0.3, 0.4) is 0 Å². The Morgan fingerprint density at radius 3 is 2.47 bits per heavy atom. The summed E-state index contributed by atoms with van der Waals surface area (Å²) in [5.74, 6) is -0.658. The normalized spacial score (nSPS) is 11.4. The molecule has 0 saturated carbocycles. The SMILES string of the molecule is CCc1c(C(=O)NCCCS(=O)(=O)Cc2ccccc2)cnn1-c1ccc(F)cc1. The Morgan fingerprint density at radius 1 is 1.10 bits per heavy atom. The van der Waals surface area contributed by atoms with Crippen molar-refractivity contribution in [2.24, 2.45) is 0 Å². The van der Waals surface area contributed by atoms with Crippen molar-refractivity contribution in [3.63, 3.8) is 0 Å². The van der Waals surface area contributed by atoms with Crippen LogP contribution in [0.4, 0.5) is 4.39 Å². The second kappa shape index (κ2) is 9.67. The Morgan fingerprint density at radius 2 is 1.80 bits per heavy atom. The second-order valence-corrected chi connectivity index (χ2v) is 9.12. The van der Waals surface area contributed by atoms with E-state index >= 15 is 0 Å². The highest BCUT2D eigenvalue weighted by molar-refractivity contribution is 7.90. The average Bonchev–Trinajstić information content (AvgIpc) is 3.16. The van der Waals surface area contributed by atoms with Crippen LogP contribution >= 0.6 is 0 Å². The molecule has 0 aliphatic rings. The molecule has 30 heavy (non-hydrogen) atoms. The number of rotatable bonds is 9. The third-order valence-electron chi connectivity index (χ3n) is 4.67. The minimum atomic E-state index is -3.24. The summed E-state index contributed by atoms with van der Waals surface area (Å²) in [5.41, 5.74) is 2.55. The molecular weight excluding hydrogens is 405 g/mol. The van der Waals surface area contributed by atoms with E-state index in [2.05, 4.69) is 10.4 Å². The van der Waals surface area contributed by atoms with Gasteiger partial charge in [0.25, 0.3) is 5.91 Å². The van der Waals surface area contributed by atoms with Gasteiger partial charge >= 0.3 is 0 Å². The summed E-state index contributed by atoms with van der Waals surface area (Å²) in [6.45, 7) is 2.15. The van der Waals surface area contributed by atoms with E-state index in [4.69, 9.17) is 0 Å². The number of carbonyl (C=O) groups is 1. The van der Waals surface area contributed by atoms with Crippen LogP contribution in [-0.4, -0.2) is 36.4 Å². The molecule has 0 fully saturated rings. The molecule has 6 nitrogen and oxygen atoms in total. The van der Waals surface area contributed by atoms with Gasteiger partial charge in [-0.1, -0.05) is 37.3 Å². The summed E-state index contributed by atoms with van der Waals surface area (Å²) in [6, 6.07) is 14.9. The number of hydrogen-bond acceptors (Lipinski definition) is 4. The first kappa shape index (κ1) is 21.7. The third kappa shape index (κ3) is 5.54. The molecule has 2 aromatic carbocycles. The van der Waals surface area contributed by atoms with Gasteiger partial charge in [-0.3, -0.25) is 4.79 Å². The Hall–Kier alpha value is -3.00. The molecule has 0 radical (unpaired) electrons. The zero-order chi connectivity index (χ0) is 21.6. The van der Waals surface area contributed by atoms with E-state index in [1.165, 1.54) is 18.3 Å². The van der Waals surface area contributed by atoms with E-state index in [0.29, 0.717) is 29.8 Å². The highest BCUT2D eigenvalue weighted by Crippen LogP contribution is 2.16. The standard InChI is InChI=1S/C22H24FN3O3S/c1-2-21-20(15-25-26(21)19-11-9-18(23)10-12-19)22(27)24-13-6-14-30(28,29)16-17-7-4-3-5-8-17/h3-5,7-12,15H,2,6,13-14,16H2,1H3,(H,24,27). The fourth-order valence-electron chi connectivity index (χ4n) is 3.20. The first-order valence-corrected chi connectivity index (χ1v) is 11.6. The fourth-order valence-corrected chi connectivity index (χ4v) is 4.63. The maximum Gasteiger partial charge on any atom is 0.254 e. The van der Waals surface area contributed by atoms with Crippen LogP contribution in [0.2, 0.25) is 0 Å². The molecule has 0 aliphatic carbocycles. The van der Waals surface area contributed by atoms with Crippen LogP contribution in [-0.2, 0) is 22.0 Å². The van der Waals surface area contributed by atoms with Gasteiger partial charge in [-0.15, -0.1) is 0 Å². The predicted molar refractivity (Wildman–Crippen MR) is 114 cm³/mol. The number of amides is 1. The van der Waals surface area contributed by atoms with Crippen LogP contribution in [0.15, 0.2) is 60.8 Å². The lowest BCUT2D eigenvalue weighted by atomic mass is 10.2. The van der Waals surface area contributed by atoms with E-state index in [9.17, 15) is 17.6 Å². The number of aromatic nitrogens is 2. The summed E-state index contributed by atoms with van der Waals surface area (Å²) in [6.07, 6.45) is 2.36. The van der Waals surface area contributed by atoms with Gasteiger partial charge in [0.1, 0.15) is 5.82 Å². The lowest BCUT2D eigenvalue weighted by Crippen LogP contribution is -2.27. The Labute approximate surface area is 175 Å². The van der Waals surface area contributed by atoms with Gasteiger partial charge in [-0.2, -0.15) is 5.10 Å². The summed E-state index contributed by atoms with van der Waals surface area (Å²) >= 11 is 0. The van der Waals surface area contributed by atoms with Crippen molar-refractivity contribution in [2.45, 2.75) is 25.5 Å². The number of halogens is 1. The highest BCUT2D eigenvalue weighted by atomic mass is 32.2. The molecule has 0 aliphatic heterocycles. The van der Waals surface area contributed by atoms with Crippen LogP contribution in [0, 0.1) is 5.82 Å². The summed E-state index contributed by atoms with van der Waals surface area (Å²) in [4.78, 5) is 12.6. The predicted octanol–water partition coefficient (Wildman–Crippen LogP) is 3.31. The van der Waals surface area contributed by atoms with Crippen LogP contribution in [0.25, 0.3) is 5.69 Å². The Bertz CT molecular complexity index is 1090. The molecule has 0 unspecified atom stereocenters. The molecule has 0 saturated heterocycles. The monoisotopic (exact) mass is 429 g/mol. The summed E-state index contributed by atoms with van der Waals surface area (Å²) in [5, 5.41) is 7.03. The lowest BCUT2D eigenvalue weighted by Gasteiger charge is -2.09. The number of nitrogens with one attached hydrogen (secondary N) is 1. The van der Waals surface area contributed by atoms with Crippen LogP contribution < -0.4 is 5.32 Å². The molecule has 0 atom stereocenters. The molecular formula is C22H24FN3O3S. The van der Waals surface area contributed by atoms with Gasteiger partial charge in [-0.25, -0.2) is 17.5 Å². The van der Waals surface area contributed by atoms with E-state index in [0.717, 1.165) is 5.56 Å². The van der Waals surface area contributed by atoms with E-state index in [1.54, 1.807) is 28.9 Å². The summed E-state index contributed by atoms with van der Waals surface area (Å²) in [7, 11) is -3.24. The molecule has 3 aromatic rings. The van der Waals surface area contributed by atoms with Crippen molar-refractivity contribution in [1.82, 2.24) is 15.1 Å². The molecule has 0 bridgehead atoms. The van der Waals surface area contributed by atoms with Gasteiger partial charge < -0.3 is 5.32 Å².